The molecule has 3 aromatic rings. The average Bonchev–Trinajstić information content (AvgIpc) is 2.68. The Kier molecular flexibility index (Phi) is 4.82. The molecule has 1 fully saturated rings. The number of benzene rings is 2. The fraction of sp³-hybridized carbons (Fsp3) is 0.286. The van der Waals surface area contributed by atoms with E-state index < -0.39 is 0 Å². The third-order valence-corrected chi connectivity index (χ3v) is 4.72. The van der Waals surface area contributed by atoms with Gasteiger partial charge in [0, 0.05) is 36.7 Å². The van der Waals surface area contributed by atoms with Crippen molar-refractivity contribution in [1.82, 2.24) is 9.88 Å². The molecule has 0 atom stereocenters. The van der Waals surface area contributed by atoms with Crippen LogP contribution in [0, 0.1) is 5.82 Å². The summed E-state index contributed by atoms with van der Waals surface area (Å²) in [5.74, 6) is 0.482. The zero-order chi connectivity index (χ0) is 17.9. The van der Waals surface area contributed by atoms with Crippen LogP contribution in [-0.4, -0.2) is 43.3 Å². The number of rotatable bonds is 4. The fourth-order valence-electron chi connectivity index (χ4n) is 3.38. The molecule has 0 amide bonds. The van der Waals surface area contributed by atoms with Crippen LogP contribution in [0.3, 0.4) is 0 Å². The maximum absolute atomic E-state index is 13.7. The molecular weight excluding hydrogens is 331 g/mol. The van der Waals surface area contributed by atoms with Crippen LogP contribution in [0.2, 0.25) is 0 Å². The predicted molar refractivity (Wildman–Crippen MR) is 99.8 cm³/mol. The molecule has 4 rings (SSSR count). The van der Waals surface area contributed by atoms with E-state index in [4.69, 9.17) is 14.5 Å². The van der Waals surface area contributed by atoms with E-state index in [1.807, 2.05) is 24.3 Å². The summed E-state index contributed by atoms with van der Waals surface area (Å²) in [7, 11) is 1.65. The van der Waals surface area contributed by atoms with Crippen molar-refractivity contribution >= 4 is 10.9 Å². The molecule has 1 aliphatic heterocycles. The lowest BCUT2D eigenvalue weighted by Crippen LogP contribution is -2.35. The average molecular weight is 352 g/mol. The molecule has 2 aromatic carbocycles. The molecule has 0 unspecified atom stereocenters. The Bertz CT molecular complexity index is 923. The summed E-state index contributed by atoms with van der Waals surface area (Å²) in [4.78, 5) is 7.16. The van der Waals surface area contributed by atoms with Gasteiger partial charge in [-0.15, -0.1) is 0 Å². The number of methoxy groups -OCH3 is 1. The van der Waals surface area contributed by atoms with Gasteiger partial charge in [-0.25, -0.2) is 9.37 Å². The highest BCUT2D eigenvalue weighted by molar-refractivity contribution is 5.84. The van der Waals surface area contributed by atoms with Gasteiger partial charge in [-0.05, 0) is 35.9 Å². The number of morpholine rings is 1. The molecule has 0 N–H and O–H groups in total. The first-order valence-corrected chi connectivity index (χ1v) is 8.77. The number of halogens is 1. The van der Waals surface area contributed by atoms with Crippen LogP contribution < -0.4 is 4.74 Å². The monoisotopic (exact) mass is 352 g/mol. The van der Waals surface area contributed by atoms with Crippen molar-refractivity contribution in [2.75, 3.05) is 33.4 Å². The third-order valence-electron chi connectivity index (χ3n) is 4.72. The zero-order valence-electron chi connectivity index (χ0n) is 14.7. The fourth-order valence-corrected chi connectivity index (χ4v) is 3.38. The number of para-hydroxylation sites is 1. The lowest BCUT2D eigenvalue weighted by molar-refractivity contribution is 0.0342. The van der Waals surface area contributed by atoms with Crippen LogP contribution in [0.15, 0.2) is 48.5 Å². The SMILES string of the molecule is COc1ccccc1-c1nc2cc(F)ccc2cc1CN1CCOCC1. The van der Waals surface area contributed by atoms with E-state index in [9.17, 15) is 4.39 Å². The summed E-state index contributed by atoms with van der Waals surface area (Å²) in [5, 5.41) is 0.938. The van der Waals surface area contributed by atoms with Crippen LogP contribution in [0.4, 0.5) is 4.39 Å². The quantitative estimate of drug-likeness (QED) is 0.714. The second kappa shape index (κ2) is 7.40. The van der Waals surface area contributed by atoms with Gasteiger partial charge in [0.05, 0.1) is 31.5 Å². The van der Waals surface area contributed by atoms with E-state index in [0.717, 1.165) is 60.8 Å². The van der Waals surface area contributed by atoms with Crippen molar-refractivity contribution in [1.29, 1.82) is 0 Å². The number of ether oxygens (including phenoxy) is 2. The van der Waals surface area contributed by atoms with Gasteiger partial charge in [-0.2, -0.15) is 0 Å². The van der Waals surface area contributed by atoms with Crippen molar-refractivity contribution < 1.29 is 13.9 Å². The van der Waals surface area contributed by atoms with Gasteiger partial charge in [0.1, 0.15) is 11.6 Å². The third kappa shape index (κ3) is 3.41. The highest BCUT2D eigenvalue weighted by Crippen LogP contribution is 2.33. The molecule has 1 saturated heterocycles. The van der Waals surface area contributed by atoms with E-state index >= 15 is 0 Å². The molecule has 1 aliphatic rings. The van der Waals surface area contributed by atoms with Gasteiger partial charge in [0.25, 0.3) is 0 Å². The molecule has 0 bridgehead atoms. The summed E-state index contributed by atoms with van der Waals surface area (Å²) < 4.78 is 24.7. The van der Waals surface area contributed by atoms with Crippen molar-refractivity contribution in [3.63, 3.8) is 0 Å². The Morgan fingerprint density at radius 3 is 2.73 bits per heavy atom. The van der Waals surface area contributed by atoms with Crippen molar-refractivity contribution in [2.45, 2.75) is 6.54 Å². The Morgan fingerprint density at radius 1 is 1.12 bits per heavy atom. The highest BCUT2D eigenvalue weighted by atomic mass is 19.1. The molecule has 1 aromatic heterocycles. The summed E-state index contributed by atoms with van der Waals surface area (Å²) in [6.07, 6.45) is 0. The minimum Gasteiger partial charge on any atom is -0.496 e. The summed E-state index contributed by atoms with van der Waals surface area (Å²) in [6, 6.07) is 14.7. The van der Waals surface area contributed by atoms with E-state index in [1.165, 1.54) is 12.1 Å². The van der Waals surface area contributed by atoms with E-state index in [0.29, 0.717) is 5.52 Å². The molecule has 2 heterocycles. The summed E-state index contributed by atoms with van der Waals surface area (Å²) in [6.45, 7) is 4.06. The second-order valence-electron chi connectivity index (χ2n) is 6.42. The van der Waals surface area contributed by atoms with Gasteiger partial charge >= 0.3 is 0 Å². The van der Waals surface area contributed by atoms with Gasteiger partial charge in [0.2, 0.25) is 0 Å². The normalized spacial score (nSPS) is 15.3. The molecule has 0 radical (unpaired) electrons. The van der Waals surface area contributed by atoms with Crippen LogP contribution in [0.5, 0.6) is 5.75 Å². The summed E-state index contributed by atoms with van der Waals surface area (Å²) in [5.41, 5.74) is 3.52. The molecular formula is C21H21FN2O2. The standard InChI is InChI=1S/C21H21FN2O2/c1-25-20-5-3-2-4-18(20)21-16(14-24-8-10-26-11-9-24)12-15-6-7-17(22)13-19(15)23-21/h2-7,12-13H,8-11,14H2,1H3. The lowest BCUT2D eigenvalue weighted by atomic mass is 10.0. The van der Waals surface area contributed by atoms with Gasteiger partial charge in [-0.1, -0.05) is 12.1 Å². The van der Waals surface area contributed by atoms with Crippen LogP contribution in [0.1, 0.15) is 5.56 Å². The first kappa shape index (κ1) is 16.9. The number of pyridine rings is 1. The molecule has 26 heavy (non-hydrogen) atoms. The Morgan fingerprint density at radius 2 is 1.92 bits per heavy atom. The van der Waals surface area contributed by atoms with Crippen LogP contribution in [0.25, 0.3) is 22.2 Å². The van der Waals surface area contributed by atoms with E-state index in [2.05, 4.69) is 11.0 Å². The van der Waals surface area contributed by atoms with Crippen LogP contribution in [-0.2, 0) is 11.3 Å². The second-order valence-corrected chi connectivity index (χ2v) is 6.42. The molecule has 4 nitrogen and oxygen atoms in total. The smallest absolute Gasteiger partial charge is 0.128 e. The lowest BCUT2D eigenvalue weighted by Gasteiger charge is -2.27. The molecule has 0 spiro atoms. The minimum atomic E-state index is -0.281. The van der Waals surface area contributed by atoms with Crippen LogP contribution >= 0.6 is 0 Å². The number of fused-ring (bicyclic) bond motifs is 1. The van der Waals surface area contributed by atoms with Gasteiger partial charge < -0.3 is 9.47 Å². The van der Waals surface area contributed by atoms with E-state index in [1.54, 1.807) is 13.2 Å². The molecule has 5 heteroatoms. The minimum absolute atomic E-state index is 0.281. The van der Waals surface area contributed by atoms with Gasteiger partial charge in [-0.3, -0.25) is 4.90 Å². The van der Waals surface area contributed by atoms with Crippen molar-refractivity contribution in [3.05, 3.63) is 59.9 Å². The largest absolute Gasteiger partial charge is 0.496 e. The Labute approximate surface area is 152 Å². The Hall–Kier alpha value is -2.50. The number of hydrogen-bond donors (Lipinski definition) is 0. The maximum Gasteiger partial charge on any atom is 0.128 e. The topological polar surface area (TPSA) is 34.6 Å². The first-order chi connectivity index (χ1) is 12.7. The highest BCUT2D eigenvalue weighted by Gasteiger charge is 2.17. The maximum atomic E-state index is 13.7. The molecule has 0 aliphatic carbocycles. The first-order valence-electron chi connectivity index (χ1n) is 8.77. The number of hydrogen-bond acceptors (Lipinski definition) is 4. The number of nitrogens with zero attached hydrogens (tertiary/aromatic N) is 2. The predicted octanol–water partition coefficient (Wildman–Crippen LogP) is 3.88. The van der Waals surface area contributed by atoms with Crippen molar-refractivity contribution in [3.8, 4) is 17.0 Å². The number of aromatic nitrogens is 1. The Balaban J connectivity index is 1.85. The van der Waals surface area contributed by atoms with Gasteiger partial charge in [0.15, 0.2) is 0 Å². The summed E-state index contributed by atoms with van der Waals surface area (Å²) >= 11 is 0. The van der Waals surface area contributed by atoms with E-state index in [-0.39, 0.29) is 5.82 Å². The molecule has 134 valence electrons. The van der Waals surface area contributed by atoms with Crippen molar-refractivity contribution in [2.24, 2.45) is 0 Å². The molecule has 0 saturated carbocycles. The zero-order valence-corrected chi connectivity index (χ0v) is 14.7.